The van der Waals surface area contributed by atoms with Crippen molar-refractivity contribution in [2.24, 2.45) is 5.41 Å². The molecule has 0 aliphatic carbocycles. The molecule has 2 aromatic heterocycles. The summed E-state index contributed by atoms with van der Waals surface area (Å²) in [5, 5.41) is 22.5. The molecule has 9 nitrogen and oxygen atoms in total. The molecule has 1 N–H and O–H groups in total. The lowest BCUT2D eigenvalue weighted by Gasteiger charge is -2.38. The maximum Gasteiger partial charge on any atom is 0.312 e. The number of likely N-dealkylation sites (tertiary alicyclic amines) is 1. The first-order chi connectivity index (χ1) is 14.6. The van der Waals surface area contributed by atoms with E-state index in [0.29, 0.717) is 0 Å². The van der Waals surface area contributed by atoms with E-state index < -0.39 is 0 Å². The van der Waals surface area contributed by atoms with Crippen LogP contribution in [0.25, 0.3) is 5.65 Å². The van der Waals surface area contributed by atoms with Crippen molar-refractivity contribution in [3.8, 4) is 0 Å². The lowest BCUT2D eigenvalue weighted by Crippen LogP contribution is -2.43. The molecule has 3 aliphatic rings. The number of aryl methyl sites for hydroxylation is 1. The van der Waals surface area contributed by atoms with Gasteiger partial charge in [0.15, 0.2) is 0 Å². The van der Waals surface area contributed by atoms with E-state index in [1.807, 2.05) is 0 Å². The zero-order valence-electron chi connectivity index (χ0n) is 17.5. The molecule has 3 saturated heterocycles. The molecular formula is C21H30N6O3. The van der Waals surface area contributed by atoms with Crippen LogP contribution < -0.4 is 4.90 Å². The maximum absolute atomic E-state index is 12.8. The third kappa shape index (κ3) is 3.54. The van der Waals surface area contributed by atoms with Gasteiger partial charge in [-0.1, -0.05) is 6.92 Å². The largest absolute Gasteiger partial charge is 0.461 e. The third-order valence-electron chi connectivity index (χ3n) is 7.07. The number of fused-ring (bicyclic) bond motifs is 1. The Labute approximate surface area is 176 Å². The number of anilines is 1. The number of cyclic esters (lactones) is 1. The van der Waals surface area contributed by atoms with E-state index in [0.717, 1.165) is 88.3 Å². The van der Waals surface area contributed by atoms with Crippen LogP contribution in [0.4, 0.5) is 5.69 Å². The van der Waals surface area contributed by atoms with Gasteiger partial charge < -0.3 is 14.7 Å². The van der Waals surface area contributed by atoms with E-state index in [1.165, 1.54) is 0 Å². The Bertz CT molecular complexity index is 915. The van der Waals surface area contributed by atoms with E-state index >= 15 is 0 Å². The van der Waals surface area contributed by atoms with Gasteiger partial charge in [-0.2, -0.15) is 9.61 Å². The molecule has 0 saturated carbocycles. The Morgan fingerprint density at radius 3 is 2.73 bits per heavy atom. The molecule has 30 heavy (non-hydrogen) atoms. The second kappa shape index (κ2) is 7.77. The van der Waals surface area contributed by atoms with Crippen molar-refractivity contribution in [1.29, 1.82) is 0 Å². The van der Waals surface area contributed by atoms with Crippen molar-refractivity contribution >= 4 is 17.3 Å². The molecule has 1 atom stereocenters. The Balaban J connectivity index is 1.25. The standard InChI is InChI=1S/C21H30N6O3/c1-2-15-11-18(19-23-22-14-27(19)24-15)26-9-5-21(6-10-26)12-17(30-20(21)29)13-25-7-3-16(28)4-8-25/h11,14,16-17,28H,2-10,12-13H2,1H3. The molecule has 1 unspecified atom stereocenters. The van der Waals surface area contributed by atoms with E-state index in [9.17, 15) is 9.90 Å². The molecule has 3 fully saturated rings. The number of hydrogen-bond donors (Lipinski definition) is 1. The number of aromatic nitrogens is 4. The van der Waals surface area contributed by atoms with E-state index in [-0.39, 0.29) is 23.6 Å². The van der Waals surface area contributed by atoms with Crippen LogP contribution in [0.15, 0.2) is 12.4 Å². The van der Waals surface area contributed by atoms with Crippen molar-refractivity contribution < 1.29 is 14.6 Å². The van der Waals surface area contributed by atoms with Gasteiger partial charge in [-0.05, 0) is 38.2 Å². The van der Waals surface area contributed by atoms with Gasteiger partial charge in [-0.15, -0.1) is 10.2 Å². The van der Waals surface area contributed by atoms with Crippen LogP contribution in [-0.2, 0) is 16.0 Å². The SMILES string of the molecule is CCc1cc(N2CCC3(CC2)CC(CN2CCC(O)CC2)OC3=O)c2nncn2n1. The topological polar surface area (TPSA) is 96.1 Å². The first kappa shape index (κ1) is 19.7. The first-order valence-electron chi connectivity index (χ1n) is 11.1. The van der Waals surface area contributed by atoms with E-state index in [1.54, 1.807) is 10.8 Å². The van der Waals surface area contributed by atoms with Crippen molar-refractivity contribution in [3.63, 3.8) is 0 Å². The number of ether oxygens (including phenoxy) is 1. The molecule has 0 aromatic carbocycles. The van der Waals surface area contributed by atoms with Crippen LogP contribution in [0.3, 0.4) is 0 Å². The second-order valence-corrected chi connectivity index (χ2v) is 9.00. The van der Waals surface area contributed by atoms with Gasteiger partial charge in [-0.3, -0.25) is 9.69 Å². The molecule has 0 bridgehead atoms. The van der Waals surface area contributed by atoms with Gasteiger partial charge in [0.25, 0.3) is 0 Å². The van der Waals surface area contributed by atoms with Crippen molar-refractivity contribution in [2.45, 2.75) is 57.7 Å². The summed E-state index contributed by atoms with van der Waals surface area (Å²) in [4.78, 5) is 17.5. The highest BCUT2D eigenvalue weighted by atomic mass is 16.6. The molecule has 5 rings (SSSR count). The number of rotatable bonds is 4. The van der Waals surface area contributed by atoms with Crippen LogP contribution in [-0.4, -0.2) is 80.7 Å². The summed E-state index contributed by atoms with van der Waals surface area (Å²) in [6, 6.07) is 2.10. The molecule has 9 heteroatoms. The zero-order valence-corrected chi connectivity index (χ0v) is 17.5. The first-order valence-corrected chi connectivity index (χ1v) is 11.1. The molecular weight excluding hydrogens is 384 g/mol. The monoisotopic (exact) mass is 414 g/mol. The second-order valence-electron chi connectivity index (χ2n) is 9.00. The van der Waals surface area contributed by atoms with Gasteiger partial charge in [0, 0.05) is 39.1 Å². The van der Waals surface area contributed by atoms with Gasteiger partial charge in [0.1, 0.15) is 12.4 Å². The fraction of sp³-hybridized carbons (Fsp3) is 0.714. The van der Waals surface area contributed by atoms with Gasteiger partial charge in [-0.25, -0.2) is 0 Å². The summed E-state index contributed by atoms with van der Waals surface area (Å²) in [5.41, 5.74) is 2.46. The summed E-state index contributed by atoms with van der Waals surface area (Å²) in [5.74, 6) is -0.0270. The predicted octanol–water partition coefficient (Wildman–Crippen LogP) is 1.05. The number of esters is 1. The fourth-order valence-corrected chi connectivity index (χ4v) is 5.18. The van der Waals surface area contributed by atoms with E-state index in [2.05, 4.69) is 38.1 Å². The Morgan fingerprint density at radius 1 is 1.23 bits per heavy atom. The fourth-order valence-electron chi connectivity index (χ4n) is 5.18. The average Bonchev–Trinajstić information content (AvgIpc) is 3.34. The molecule has 162 valence electrons. The lowest BCUT2D eigenvalue weighted by molar-refractivity contribution is -0.150. The summed E-state index contributed by atoms with van der Waals surface area (Å²) >= 11 is 0. The zero-order chi connectivity index (χ0) is 20.7. The average molecular weight is 415 g/mol. The van der Waals surface area contributed by atoms with Gasteiger partial charge >= 0.3 is 5.97 Å². The molecule has 2 aromatic rings. The highest BCUT2D eigenvalue weighted by molar-refractivity contribution is 5.80. The summed E-state index contributed by atoms with van der Waals surface area (Å²) in [7, 11) is 0. The van der Waals surface area contributed by atoms with Gasteiger partial charge in [0.2, 0.25) is 5.65 Å². The smallest absolute Gasteiger partial charge is 0.312 e. The number of carbonyl (C=O) groups excluding carboxylic acids is 1. The van der Waals surface area contributed by atoms with Crippen LogP contribution in [0.2, 0.25) is 0 Å². The van der Waals surface area contributed by atoms with Crippen molar-refractivity contribution in [2.75, 3.05) is 37.6 Å². The highest BCUT2D eigenvalue weighted by Crippen LogP contribution is 2.44. The predicted molar refractivity (Wildman–Crippen MR) is 110 cm³/mol. The number of aliphatic hydroxyl groups is 1. The van der Waals surface area contributed by atoms with Crippen molar-refractivity contribution in [1.82, 2.24) is 24.7 Å². The number of piperidine rings is 2. The maximum atomic E-state index is 12.8. The third-order valence-corrected chi connectivity index (χ3v) is 7.07. The number of carbonyl (C=O) groups is 1. The minimum Gasteiger partial charge on any atom is -0.461 e. The summed E-state index contributed by atoms with van der Waals surface area (Å²) in [6.07, 6.45) is 6.29. The Morgan fingerprint density at radius 2 is 2.00 bits per heavy atom. The van der Waals surface area contributed by atoms with E-state index in [4.69, 9.17) is 4.74 Å². The minimum absolute atomic E-state index is 0.0270. The molecule has 0 amide bonds. The van der Waals surface area contributed by atoms with Crippen molar-refractivity contribution in [3.05, 3.63) is 18.1 Å². The van der Waals surface area contributed by atoms with Crippen LogP contribution >= 0.6 is 0 Å². The normalized spacial score (nSPS) is 25.3. The number of nitrogens with zero attached hydrogens (tertiary/aromatic N) is 6. The molecule has 0 radical (unpaired) electrons. The summed E-state index contributed by atoms with van der Waals surface area (Å²) < 4.78 is 7.57. The van der Waals surface area contributed by atoms with Crippen LogP contribution in [0.1, 0.15) is 44.7 Å². The number of hydrogen-bond acceptors (Lipinski definition) is 8. The highest BCUT2D eigenvalue weighted by Gasteiger charge is 2.50. The van der Waals surface area contributed by atoms with Crippen LogP contribution in [0.5, 0.6) is 0 Å². The molecule has 5 heterocycles. The van der Waals surface area contributed by atoms with Gasteiger partial charge in [0.05, 0.1) is 22.9 Å². The molecule has 1 spiro atoms. The van der Waals surface area contributed by atoms with Crippen LogP contribution in [0, 0.1) is 5.41 Å². The lowest BCUT2D eigenvalue weighted by atomic mass is 9.76. The quantitative estimate of drug-likeness (QED) is 0.742. The Kier molecular flexibility index (Phi) is 5.10. The minimum atomic E-state index is -0.360. The Hall–Kier alpha value is -2.26. The summed E-state index contributed by atoms with van der Waals surface area (Å²) in [6.45, 7) is 6.23. The molecule has 3 aliphatic heterocycles. The number of aliphatic hydroxyl groups excluding tert-OH is 1.